The Labute approximate surface area is 245 Å². The minimum atomic E-state index is -0.450. The summed E-state index contributed by atoms with van der Waals surface area (Å²) in [5, 5.41) is 7.22. The monoisotopic (exact) mass is 577 g/mol. The number of aromatic nitrogens is 6. The summed E-state index contributed by atoms with van der Waals surface area (Å²) in [6, 6.07) is 11.0. The molecule has 4 aromatic heterocycles. The summed E-state index contributed by atoms with van der Waals surface area (Å²) < 4.78 is 23.2. The standard InChI is InChI=1S/C31H28FN9O2/c1-17-24(43-20-7-9-41-26(10-20)34-16-36-41)4-2-21(27(17)32)37-29-28-22(33-15-35-29)3-5-25(38-28)39-13-18-6-8-40(23(18)14-39)30(42)31-11-19(31)12-31/h2-5,7,9-10,15-16,18-19,23H,6,8,11-14H2,1H3,(H,33,35,37)/t18-,19?,23+,31?/m0/s1. The van der Waals surface area contributed by atoms with Crippen LogP contribution in [-0.4, -0.2) is 66.0 Å². The lowest BCUT2D eigenvalue weighted by Crippen LogP contribution is -2.42. The van der Waals surface area contributed by atoms with Crippen LogP contribution in [0, 0.1) is 30.0 Å². The number of halogens is 1. The van der Waals surface area contributed by atoms with Crippen molar-refractivity contribution in [1.82, 2.24) is 34.4 Å². The highest BCUT2D eigenvalue weighted by Crippen LogP contribution is 2.76. The van der Waals surface area contributed by atoms with E-state index < -0.39 is 5.82 Å². The van der Waals surface area contributed by atoms with Gasteiger partial charge in [-0.3, -0.25) is 4.79 Å². The number of carbonyl (C=O) groups is 1. The van der Waals surface area contributed by atoms with Gasteiger partial charge in [0.25, 0.3) is 0 Å². The molecule has 2 aliphatic carbocycles. The molecule has 4 aliphatic rings. The first kappa shape index (κ1) is 24.7. The fourth-order valence-electron chi connectivity index (χ4n) is 6.92. The molecule has 6 heterocycles. The van der Waals surface area contributed by atoms with Crippen molar-refractivity contribution in [2.75, 3.05) is 29.9 Å². The number of fused-ring (bicyclic) bond motifs is 4. The molecule has 5 aromatic rings. The minimum absolute atomic E-state index is 0.00568. The Hall–Kier alpha value is -4.87. The van der Waals surface area contributed by atoms with Crippen molar-refractivity contribution in [3.63, 3.8) is 0 Å². The summed E-state index contributed by atoms with van der Waals surface area (Å²) in [5.74, 6) is 3.19. The van der Waals surface area contributed by atoms with Crippen molar-refractivity contribution in [3.05, 3.63) is 66.6 Å². The fourth-order valence-corrected chi connectivity index (χ4v) is 6.92. The molecule has 11 nitrogen and oxygen atoms in total. The van der Waals surface area contributed by atoms with Gasteiger partial charge in [0.05, 0.1) is 22.7 Å². The van der Waals surface area contributed by atoms with Crippen LogP contribution in [0.2, 0.25) is 0 Å². The quantitative estimate of drug-likeness (QED) is 0.312. The highest BCUT2D eigenvalue weighted by Gasteiger charge is 2.75. The Balaban J connectivity index is 0.964. The first-order chi connectivity index (χ1) is 21.0. The SMILES string of the molecule is Cc1c(Oc2ccn3ncnc3c2)ccc(Nc2ncnc3ccc(N4C[C@@H]5CCN(C(=O)C67CC6C7)[C@@H]5C4)nc23)c1F. The van der Waals surface area contributed by atoms with Gasteiger partial charge >= 0.3 is 0 Å². The average molecular weight is 578 g/mol. The third-order valence-electron chi connectivity index (χ3n) is 9.78. The Kier molecular flexibility index (Phi) is 5.07. The maximum Gasteiger partial charge on any atom is 0.229 e. The molecule has 2 aliphatic heterocycles. The number of likely N-dealkylation sites (tertiary alicyclic amines) is 1. The van der Waals surface area contributed by atoms with Gasteiger partial charge in [0.2, 0.25) is 5.91 Å². The molecule has 2 atom stereocenters. The van der Waals surface area contributed by atoms with Crippen LogP contribution < -0.4 is 15.0 Å². The number of nitrogens with one attached hydrogen (secondary N) is 1. The van der Waals surface area contributed by atoms with Crippen molar-refractivity contribution < 1.29 is 13.9 Å². The summed E-state index contributed by atoms with van der Waals surface area (Å²) in [5.41, 5.74) is 2.46. The summed E-state index contributed by atoms with van der Waals surface area (Å²) in [6.45, 7) is 4.17. The van der Waals surface area contributed by atoms with E-state index in [0.29, 0.717) is 57.3 Å². The van der Waals surface area contributed by atoms with E-state index in [1.165, 1.54) is 12.7 Å². The zero-order valence-electron chi connectivity index (χ0n) is 23.4. The molecule has 1 amide bonds. The van der Waals surface area contributed by atoms with E-state index in [0.717, 1.165) is 44.7 Å². The average Bonchev–Trinajstić information content (AvgIpc) is 3.63. The van der Waals surface area contributed by atoms with Gasteiger partial charge in [0, 0.05) is 43.4 Å². The van der Waals surface area contributed by atoms with Gasteiger partial charge in [-0.2, -0.15) is 5.10 Å². The van der Waals surface area contributed by atoms with Gasteiger partial charge in [-0.15, -0.1) is 0 Å². The van der Waals surface area contributed by atoms with Crippen molar-refractivity contribution in [2.24, 2.45) is 17.3 Å². The molecular weight excluding hydrogens is 549 g/mol. The zero-order valence-corrected chi connectivity index (χ0v) is 23.4. The lowest BCUT2D eigenvalue weighted by atomic mass is 10.0. The molecule has 4 fully saturated rings. The van der Waals surface area contributed by atoms with Crippen LogP contribution in [0.3, 0.4) is 0 Å². The molecule has 1 N–H and O–H groups in total. The number of hydrogen-bond acceptors (Lipinski definition) is 9. The van der Waals surface area contributed by atoms with Crippen molar-refractivity contribution in [3.8, 4) is 11.5 Å². The number of pyridine rings is 2. The number of amides is 1. The van der Waals surface area contributed by atoms with Crippen molar-refractivity contribution >= 4 is 39.9 Å². The lowest BCUT2D eigenvalue weighted by molar-refractivity contribution is -0.135. The Morgan fingerprint density at radius 3 is 2.84 bits per heavy atom. The van der Waals surface area contributed by atoms with E-state index >= 15 is 4.39 Å². The highest BCUT2D eigenvalue weighted by atomic mass is 19.1. The van der Waals surface area contributed by atoms with E-state index in [-0.39, 0.29) is 17.1 Å². The molecule has 0 radical (unpaired) electrons. The van der Waals surface area contributed by atoms with E-state index in [1.54, 1.807) is 41.9 Å². The predicted molar refractivity (Wildman–Crippen MR) is 156 cm³/mol. The summed E-state index contributed by atoms with van der Waals surface area (Å²) >= 11 is 0. The van der Waals surface area contributed by atoms with Gasteiger partial charge in [-0.25, -0.2) is 28.8 Å². The Morgan fingerprint density at radius 2 is 1.98 bits per heavy atom. The zero-order chi connectivity index (χ0) is 28.9. The fraction of sp³-hybridized carbons (Fsp3) is 0.355. The number of rotatable bonds is 6. The molecule has 12 heteroatoms. The molecule has 2 saturated carbocycles. The number of carbonyl (C=O) groups excluding carboxylic acids is 1. The topological polar surface area (TPSA) is 114 Å². The molecule has 216 valence electrons. The maximum absolute atomic E-state index is 15.6. The second-order valence-electron chi connectivity index (χ2n) is 12.2. The Morgan fingerprint density at radius 1 is 1.09 bits per heavy atom. The molecule has 43 heavy (non-hydrogen) atoms. The molecule has 0 spiro atoms. The highest BCUT2D eigenvalue weighted by molar-refractivity contribution is 5.91. The van der Waals surface area contributed by atoms with E-state index in [9.17, 15) is 4.79 Å². The first-order valence-electron chi connectivity index (χ1n) is 14.7. The molecule has 9 rings (SSSR count). The normalized spacial score (nSPS) is 25.2. The number of anilines is 3. The maximum atomic E-state index is 15.6. The minimum Gasteiger partial charge on any atom is -0.457 e. The first-order valence-corrected chi connectivity index (χ1v) is 14.7. The van der Waals surface area contributed by atoms with Gasteiger partial charge in [0.1, 0.15) is 35.5 Å². The number of hydrogen-bond donors (Lipinski definition) is 1. The summed E-state index contributed by atoms with van der Waals surface area (Å²) in [4.78, 5) is 35.5. The molecule has 0 unspecified atom stereocenters. The van der Waals surface area contributed by atoms with Crippen LogP contribution in [0.15, 0.2) is 55.2 Å². The van der Waals surface area contributed by atoms with Crippen LogP contribution >= 0.6 is 0 Å². The van der Waals surface area contributed by atoms with Gasteiger partial charge in [-0.1, -0.05) is 0 Å². The second kappa shape index (κ2) is 8.82. The molecule has 1 aromatic carbocycles. The van der Waals surface area contributed by atoms with Crippen LogP contribution in [0.25, 0.3) is 16.7 Å². The molecule has 0 bridgehead atoms. The third kappa shape index (κ3) is 3.85. The second-order valence-corrected chi connectivity index (χ2v) is 12.2. The van der Waals surface area contributed by atoms with Crippen LogP contribution in [0.4, 0.5) is 21.7 Å². The third-order valence-corrected chi connectivity index (χ3v) is 9.78. The van der Waals surface area contributed by atoms with Crippen LogP contribution in [0.5, 0.6) is 11.5 Å². The van der Waals surface area contributed by atoms with Gasteiger partial charge in [-0.05, 0) is 62.4 Å². The predicted octanol–water partition coefficient (Wildman–Crippen LogP) is 4.50. The van der Waals surface area contributed by atoms with Crippen molar-refractivity contribution in [1.29, 1.82) is 0 Å². The summed E-state index contributed by atoms with van der Waals surface area (Å²) in [6.07, 6.45) is 7.85. The lowest BCUT2D eigenvalue weighted by Gasteiger charge is -2.26. The smallest absolute Gasteiger partial charge is 0.229 e. The van der Waals surface area contributed by atoms with Gasteiger partial charge in [0.15, 0.2) is 17.3 Å². The molecule has 2 saturated heterocycles. The van der Waals surface area contributed by atoms with Crippen molar-refractivity contribution in [2.45, 2.75) is 32.2 Å². The van der Waals surface area contributed by atoms with E-state index in [1.807, 2.05) is 12.1 Å². The summed E-state index contributed by atoms with van der Waals surface area (Å²) in [7, 11) is 0. The van der Waals surface area contributed by atoms with Crippen LogP contribution in [-0.2, 0) is 4.79 Å². The Bertz CT molecular complexity index is 1960. The number of nitrogens with zero attached hydrogens (tertiary/aromatic N) is 8. The number of benzene rings is 1. The van der Waals surface area contributed by atoms with E-state index in [4.69, 9.17) is 9.72 Å². The van der Waals surface area contributed by atoms with Gasteiger partial charge < -0.3 is 19.9 Å². The largest absolute Gasteiger partial charge is 0.457 e. The van der Waals surface area contributed by atoms with E-state index in [2.05, 4.69) is 35.2 Å². The van der Waals surface area contributed by atoms with Crippen LogP contribution in [0.1, 0.15) is 24.8 Å². The molecular formula is C31H28FN9O2. The number of ether oxygens (including phenoxy) is 1.